The highest BCUT2D eigenvalue weighted by Crippen LogP contribution is 2.16. The number of ether oxygens (including phenoxy) is 1. The first kappa shape index (κ1) is 56.3. The normalized spacial score (nSPS) is 12.8. The molecule has 0 aromatic carbocycles. The number of aliphatic hydroxyl groups excluding tert-OH is 2. The lowest BCUT2D eigenvalue weighted by Crippen LogP contribution is -2.45. The molecule has 3 N–H and O–H groups in total. The van der Waals surface area contributed by atoms with E-state index in [1.807, 2.05) is 6.08 Å². The van der Waals surface area contributed by atoms with Crippen LogP contribution in [0.3, 0.4) is 0 Å². The molecule has 0 aliphatic rings. The minimum Gasteiger partial charge on any atom is -0.466 e. The lowest BCUT2D eigenvalue weighted by atomic mass is 10.0. The number of amides is 1. The van der Waals surface area contributed by atoms with Gasteiger partial charge in [-0.2, -0.15) is 0 Å². The van der Waals surface area contributed by atoms with E-state index < -0.39 is 12.1 Å². The number of aliphatic hydroxyl groups is 2. The maximum Gasteiger partial charge on any atom is 0.305 e. The lowest BCUT2D eigenvalue weighted by molar-refractivity contribution is -0.143. The first-order valence-electron chi connectivity index (χ1n) is 25.6. The van der Waals surface area contributed by atoms with Crippen molar-refractivity contribution in [2.75, 3.05) is 13.2 Å². The monoisotopic (exact) mass is 818 g/mol. The molecule has 0 spiro atoms. The molecule has 0 aromatic heterocycles. The molecule has 0 aliphatic carbocycles. The average molecular weight is 818 g/mol. The lowest BCUT2D eigenvalue weighted by Gasteiger charge is -2.20. The number of rotatable bonds is 47. The van der Waals surface area contributed by atoms with Crippen LogP contribution in [-0.2, 0) is 14.3 Å². The molecule has 58 heavy (non-hydrogen) atoms. The van der Waals surface area contributed by atoms with Crippen molar-refractivity contribution in [3.05, 3.63) is 24.3 Å². The second-order valence-electron chi connectivity index (χ2n) is 17.5. The Morgan fingerprint density at radius 1 is 0.466 bits per heavy atom. The van der Waals surface area contributed by atoms with Gasteiger partial charge >= 0.3 is 5.97 Å². The third kappa shape index (κ3) is 43.9. The highest BCUT2D eigenvalue weighted by Gasteiger charge is 2.18. The molecule has 0 radical (unpaired) electrons. The first-order valence-corrected chi connectivity index (χ1v) is 25.6. The van der Waals surface area contributed by atoms with Crippen molar-refractivity contribution in [3.63, 3.8) is 0 Å². The Labute approximate surface area is 361 Å². The smallest absolute Gasteiger partial charge is 0.305 e. The van der Waals surface area contributed by atoms with Gasteiger partial charge in [-0.3, -0.25) is 9.59 Å². The third-order valence-electron chi connectivity index (χ3n) is 11.7. The van der Waals surface area contributed by atoms with Gasteiger partial charge < -0.3 is 20.3 Å². The van der Waals surface area contributed by atoms with Crippen LogP contribution in [0.5, 0.6) is 0 Å². The first-order chi connectivity index (χ1) is 28.5. The van der Waals surface area contributed by atoms with Gasteiger partial charge in [0.25, 0.3) is 0 Å². The highest BCUT2D eigenvalue weighted by atomic mass is 16.5. The highest BCUT2D eigenvalue weighted by molar-refractivity contribution is 5.76. The van der Waals surface area contributed by atoms with Crippen molar-refractivity contribution in [1.29, 1.82) is 0 Å². The van der Waals surface area contributed by atoms with Gasteiger partial charge in [0.05, 0.1) is 25.4 Å². The van der Waals surface area contributed by atoms with Gasteiger partial charge in [0, 0.05) is 12.8 Å². The Kier molecular flexibility index (Phi) is 46.6. The molecule has 2 atom stereocenters. The average Bonchev–Trinajstić information content (AvgIpc) is 3.22. The molecule has 0 aromatic rings. The number of hydrogen-bond acceptors (Lipinski definition) is 5. The summed E-state index contributed by atoms with van der Waals surface area (Å²) in [4.78, 5) is 24.4. The number of allylic oxidation sites excluding steroid dienone is 3. The largest absolute Gasteiger partial charge is 0.466 e. The van der Waals surface area contributed by atoms with Gasteiger partial charge in [-0.05, 0) is 57.8 Å². The van der Waals surface area contributed by atoms with E-state index in [1.165, 1.54) is 180 Å². The zero-order valence-corrected chi connectivity index (χ0v) is 38.8. The molecule has 0 aliphatic heterocycles. The summed E-state index contributed by atoms with van der Waals surface area (Å²) in [7, 11) is 0. The summed E-state index contributed by atoms with van der Waals surface area (Å²) in [5, 5.41) is 22.9. The summed E-state index contributed by atoms with van der Waals surface area (Å²) in [6, 6.07) is -0.637. The molecule has 0 saturated carbocycles. The van der Waals surface area contributed by atoms with E-state index in [1.54, 1.807) is 6.08 Å². The quantitative estimate of drug-likeness (QED) is 0.0323. The van der Waals surface area contributed by atoms with E-state index in [0.717, 1.165) is 64.2 Å². The van der Waals surface area contributed by atoms with Crippen LogP contribution in [0, 0.1) is 0 Å². The second kappa shape index (κ2) is 48.0. The van der Waals surface area contributed by atoms with Crippen LogP contribution >= 0.6 is 0 Å². The van der Waals surface area contributed by atoms with Crippen molar-refractivity contribution in [3.8, 4) is 0 Å². The predicted octanol–water partition coefficient (Wildman–Crippen LogP) is 15.1. The number of carbonyl (C=O) groups is 2. The van der Waals surface area contributed by atoms with Crippen LogP contribution in [-0.4, -0.2) is 47.4 Å². The van der Waals surface area contributed by atoms with E-state index in [0.29, 0.717) is 19.4 Å². The summed E-state index contributed by atoms with van der Waals surface area (Å²) >= 11 is 0. The SMILES string of the molecule is CCCCCCCCC/C=C/C(O)C(CO)NC(=O)CCCCCCC/C=C\CCCCCCCCCOC(=O)CCCCCCCCCCCCCCCCCC. The zero-order chi connectivity index (χ0) is 42.3. The van der Waals surface area contributed by atoms with Crippen LogP contribution in [0.1, 0.15) is 271 Å². The van der Waals surface area contributed by atoms with E-state index in [-0.39, 0.29) is 18.5 Å². The van der Waals surface area contributed by atoms with Crippen LogP contribution in [0.25, 0.3) is 0 Å². The molecule has 0 saturated heterocycles. The Hall–Kier alpha value is -1.66. The second-order valence-corrected chi connectivity index (χ2v) is 17.5. The summed E-state index contributed by atoms with van der Waals surface area (Å²) in [5.41, 5.74) is 0. The molecule has 0 heterocycles. The Morgan fingerprint density at radius 3 is 1.22 bits per heavy atom. The molecular formula is C52H99NO5. The minimum absolute atomic E-state index is 0.00113. The maximum absolute atomic E-state index is 12.3. The van der Waals surface area contributed by atoms with Crippen molar-refractivity contribution < 1.29 is 24.5 Å². The zero-order valence-electron chi connectivity index (χ0n) is 38.8. The van der Waals surface area contributed by atoms with Gasteiger partial charge in [0.15, 0.2) is 0 Å². The van der Waals surface area contributed by atoms with Gasteiger partial charge in [0.1, 0.15) is 0 Å². The van der Waals surface area contributed by atoms with Crippen molar-refractivity contribution >= 4 is 11.9 Å². The minimum atomic E-state index is -0.852. The number of unbranched alkanes of at least 4 members (excludes halogenated alkanes) is 34. The van der Waals surface area contributed by atoms with E-state index in [9.17, 15) is 19.8 Å². The van der Waals surface area contributed by atoms with Crippen LogP contribution in [0.2, 0.25) is 0 Å². The maximum atomic E-state index is 12.3. The molecular weight excluding hydrogens is 719 g/mol. The Bertz CT molecular complexity index is 904. The van der Waals surface area contributed by atoms with Crippen LogP contribution < -0.4 is 5.32 Å². The van der Waals surface area contributed by atoms with Crippen molar-refractivity contribution in [2.45, 2.75) is 283 Å². The third-order valence-corrected chi connectivity index (χ3v) is 11.7. The fraction of sp³-hybridized carbons (Fsp3) is 0.885. The van der Waals surface area contributed by atoms with Gasteiger partial charge in [-0.25, -0.2) is 0 Å². The number of nitrogens with one attached hydrogen (secondary N) is 1. The molecule has 342 valence electrons. The molecule has 0 fully saturated rings. The van der Waals surface area contributed by atoms with E-state index in [4.69, 9.17) is 4.74 Å². The molecule has 0 rings (SSSR count). The van der Waals surface area contributed by atoms with Gasteiger partial charge in [-0.15, -0.1) is 0 Å². The van der Waals surface area contributed by atoms with Gasteiger partial charge in [0.2, 0.25) is 5.91 Å². The Morgan fingerprint density at radius 2 is 0.810 bits per heavy atom. The standard InChI is InChI=1S/C52H99NO5/c1-3-5-7-9-11-13-14-15-16-20-23-26-30-34-38-42-46-52(57)58-47-43-39-35-31-27-24-21-18-17-19-22-25-29-33-37-41-45-51(56)53-49(48-54)50(55)44-40-36-32-28-12-10-8-6-4-2/h17,19,40,44,49-50,54-55H,3-16,18,20-39,41-43,45-48H2,1-2H3,(H,53,56)/b19-17-,44-40+. The van der Waals surface area contributed by atoms with Crippen molar-refractivity contribution in [2.24, 2.45) is 0 Å². The Balaban J connectivity index is 3.44. The van der Waals surface area contributed by atoms with E-state index >= 15 is 0 Å². The fourth-order valence-corrected chi connectivity index (χ4v) is 7.74. The predicted molar refractivity (Wildman–Crippen MR) is 250 cm³/mol. The van der Waals surface area contributed by atoms with E-state index in [2.05, 4.69) is 31.3 Å². The van der Waals surface area contributed by atoms with Crippen molar-refractivity contribution in [1.82, 2.24) is 5.32 Å². The molecule has 6 heteroatoms. The number of hydrogen-bond donors (Lipinski definition) is 3. The molecule has 0 bridgehead atoms. The number of esters is 1. The summed E-state index contributed by atoms with van der Waals surface area (Å²) < 4.78 is 5.47. The summed E-state index contributed by atoms with van der Waals surface area (Å²) in [6.45, 7) is 4.85. The van der Waals surface area contributed by atoms with Crippen LogP contribution in [0.4, 0.5) is 0 Å². The number of carbonyl (C=O) groups excluding carboxylic acids is 2. The fourth-order valence-electron chi connectivity index (χ4n) is 7.74. The molecule has 6 nitrogen and oxygen atoms in total. The molecule has 2 unspecified atom stereocenters. The topological polar surface area (TPSA) is 95.9 Å². The summed E-state index contributed by atoms with van der Waals surface area (Å²) in [6.07, 6.45) is 56.2. The molecule has 1 amide bonds. The van der Waals surface area contributed by atoms with Gasteiger partial charge in [-0.1, -0.05) is 224 Å². The van der Waals surface area contributed by atoms with Crippen LogP contribution in [0.15, 0.2) is 24.3 Å². The summed E-state index contributed by atoms with van der Waals surface area (Å²) in [5.74, 6) is -0.0891.